The van der Waals surface area contributed by atoms with Crippen molar-refractivity contribution in [1.82, 2.24) is 4.81 Å². The van der Waals surface area contributed by atoms with Gasteiger partial charge in [0, 0.05) is 0 Å². The smallest absolute Gasteiger partial charge is 0.284 e. The van der Waals surface area contributed by atoms with Crippen molar-refractivity contribution in [1.29, 1.82) is 0 Å². The molecule has 0 amide bonds. The van der Waals surface area contributed by atoms with Gasteiger partial charge in [0.2, 0.25) is 0 Å². The normalized spacial score (nSPS) is 9.50. The highest BCUT2D eigenvalue weighted by molar-refractivity contribution is 8.10. The van der Waals surface area contributed by atoms with Crippen molar-refractivity contribution in [2.45, 2.75) is 6.82 Å². The molecule has 0 saturated heterocycles. The zero-order chi connectivity index (χ0) is 5.15. The summed E-state index contributed by atoms with van der Waals surface area (Å²) in [5.74, 6) is 0. The van der Waals surface area contributed by atoms with Crippen molar-refractivity contribution in [2.24, 2.45) is 0 Å². The quantitative estimate of drug-likeness (QED) is 0.375. The number of rotatable bonds is 1. The molecule has 0 aliphatic carbocycles. The minimum absolute atomic E-state index is 0.380. The van der Waals surface area contributed by atoms with Gasteiger partial charge in [-0.05, 0) is 14.1 Å². The Hall–Kier alpha value is 0.375. The van der Waals surface area contributed by atoms with Crippen molar-refractivity contribution in [2.75, 3.05) is 14.1 Å². The summed E-state index contributed by atoms with van der Waals surface area (Å²) in [5.41, 5.74) is 0. The molecule has 6 heavy (non-hydrogen) atoms. The van der Waals surface area contributed by atoms with Crippen molar-refractivity contribution in [3.8, 4) is 0 Å². The molecule has 1 nitrogen and oxygen atoms in total. The predicted molar refractivity (Wildman–Crippen MR) is 34.3 cm³/mol. The Morgan fingerprint density at radius 3 is 1.67 bits per heavy atom. The summed E-state index contributed by atoms with van der Waals surface area (Å²) < 4.78 is 0. The van der Waals surface area contributed by atoms with Gasteiger partial charge in [-0.3, -0.25) is 0 Å². The summed E-state index contributed by atoms with van der Waals surface area (Å²) in [6, 6.07) is 0. The van der Waals surface area contributed by atoms with Crippen LogP contribution < -0.4 is 0 Å². The van der Waals surface area contributed by atoms with E-state index in [1.54, 1.807) is 0 Å². The van der Waals surface area contributed by atoms with Crippen molar-refractivity contribution in [3.05, 3.63) is 0 Å². The highest BCUT2D eigenvalue weighted by Crippen LogP contribution is 1.87. The number of nitrogens with zero attached hydrogens (tertiary/aromatic N) is 1. The molecule has 0 rings (SSSR count). The average Bonchev–Trinajstić information content (AvgIpc) is 1.36. The molecular weight excluding hydrogens is 92.9 g/mol. The van der Waals surface area contributed by atoms with Crippen LogP contribution in [0.15, 0.2) is 0 Å². The van der Waals surface area contributed by atoms with Gasteiger partial charge in [-0.25, -0.2) is 12.5 Å². The topological polar surface area (TPSA) is 3.24 Å². The second-order valence-electron chi connectivity index (χ2n) is 1.60. The number of thiol groups is 1. The van der Waals surface area contributed by atoms with Gasteiger partial charge in [-0.1, -0.05) is 6.82 Å². The minimum Gasteiger partial charge on any atom is -0.339 e. The van der Waals surface area contributed by atoms with Crippen LogP contribution in [0.4, 0.5) is 0 Å². The third-order valence-corrected chi connectivity index (χ3v) is 1.21. The summed E-state index contributed by atoms with van der Waals surface area (Å²) in [7, 11) is 4.00. The van der Waals surface area contributed by atoms with Crippen molar-refractivity contribution in [3.63, 3.8) is 0 Å². The molecule has 0 aliphatic heterocycles. The average molecular weight is 103 g/mol. The largest absolute Gasteiger partial charge is 0.339 e. The Balaban J connectivity index is 2.99. The molecule has 3 heteroatoms. The van der Waals surface area contributed by atoms with Gasteiger partial charge in [0.05, 0.1) is 0 Å². The number of hydrogen-bond acceptors (Lipinski definition) is 2. The molecule has 0 unspecified atom stereocenters. The lowest BCUT2D eigenvalue weighted by Gasteiger charge is -2.07. The second kappa shape index (κ2) is 2.53. The minimum atomic E-state index is 0.380. The lowest BCUT2D eigenvalue weighted by Crippen LogP contribution is -2.23. The molecule has 0 fully saturated rings. The van der Waals surface area contributed by atoms with E-state index < -0.39 is 0 Å². The summed E-state index contributed by atoms with van der Waals surface area (Å²) >= 11 is 4.12. The van der Waals surface area contributed by atoms with Gasteiger partial charge >= 0.3 is 0 Å². The summed E-state index contributed by atoms with van der Waals surface area (Å²) in [6.07, 6.45) is 0.380. The standard InChI is InChI=1S/C3H10BNS/c1-4(6)5(2)3/h6H,1-3H3. The van der Waals surface area contributed by atoms with Crippen LogP contribution in [0.5, 0.6) is 0 Å². The highest BCUT2D eigenvalue weighted by Gasteiger charge is 1.99. The molecular formula is C3H10BNS. The molecule has 0 N–H and O–H groups in total. The van der Waals surface area contributed by atoms with Gasteiger partial charge in [0.15, 0.2) is 0 Å². The molecule has 0 bridgehead atoms. The third-order valence-electron chi connectivity index (χ3n) is 0.747. The van der Waals surface area contributed by atoms with Crippen LogP contribution in [0.2, 0.25) is 6.82 Å². The zero-order valence-corrected chi connectivity index (χ0v) is 5.37. The zero-order valence-electron chi connectivity index (χ0n) is 4.47. The molecule has 0 radical (unpaired) electrons. The van der Waals surface area contributed by atoms with Crippen molar-refractivity contribution >= 4 is 18.6 Å². The first-order chi connectivity index (χ1) is 2.64. The molecule has 36 valence electrons. The maximum Gasteiger partial charge on any atom is 0.284 e. The lowest BCUT2D eigenvalue weighted by molar-refractivity contribution is 0.660. The van der Waals surface area contributed by atoms with Gasteiger partial charge in [0.1, 0.15) is 0 Å². The Bertz CT molecular complexity index is 31.8. The fourth-order valence-electron chi connectivity index (χ4n) is 0. The van der Waals surface area contributed by atoms with Crippen LogP contribution in [0.3, 0.4) is 0 Å². The number of hydrogen-bond donors (Lipinski definition) is 1. The molecule has 0 heterocycles. The van der Waals surface area contributed by atoms with Gasteiger partial charge in [0.25, 0.3) is 6.13 Å². The summed E-state index contributed by atoms with van der Waals surface area (Å²) in [5, 5.41) is 0. The fraction of sp³-hybridized carbons (Fsp3) is 1.00. The fourth-order valence-corrected chi connectivity index (χ4v) is 0. The third kappa shape index (κ3) is 2.60. The monoisotopic (exact) mass is 103 g/mol. The van der Waals surface area contributed by atoms with E-state index in [0.717, 1.165) is 0 Å². The molecule has 0 aliphatic rings. The second-order valence-corrected chi connectivity index (χ2v) is 2.34. The van der Waals surface area contributed by atoms with E-state index in [4.69, 9.17) is 0 Å². The summed E-state index contributed by atoms with van der Waals surface area (Å²) in [4.78, 5) is 2.03. The van der Waals surface area contributed by atoms with Crippen LogP contribution in [0, 0.1) is 0 Å². The molecule has 0 aromatic heterocycles. The van der Waals surface area contributed by atoms with Crippen LogP contribution in [-0.2, 0) is 0 Å². The molecule has 0 aromatic carbocycles. The maximum absolute atomic E-state index is 4.12. The first-order valence-corrected chi connectivity index (χ1v) is 2.50. The van der Waals surface area contributed by atoms with Gasteiger partial charge in [-0.2, -0.15) is 0 Å². The van der Waals surface area contributed by atoms with E-state index >= 15 is 0 Å². The van der Waals surface area contributed by atoms with Gasteiger partial charge in [-0.15, -0.1) is 0 Å². The first kappa shape index (κ1) is 6.37. The van der Waals surface area contributed by atoms with E-state index in [1.807, 2.05) is 25.7 Å². The molecule has 0 aromatic rings. The van der Waals surface area contributed by atoms with Crippen LogP contribution in [-0.4, -0.2) is 25.0 Å². The predicted octanol–water partition coefficient (Wildman–Crippen LogP) is 0.596. The maximum atomic E-state index is 4.12. The Morgan fingerprint density at radius 1 is 1.50 bits per heavy atom. The molecule has 0 spiro atoms. The van der Waals surface area contributed by atoms with E-state index in [0.29, 0.717) is 6.13 Å². The Morgan fingerprint density at radius 2 is 1.67 bits per heavy atom. The van der Waals surface area contributed by atoms with Crippen molar-refractivity contribution < 1.29 is 0 Å². The molecule has 0 saturated carbocycles. The molecule has 0 atom stereocenters. The first-order valence-electron chi connectivity index (χ1n) is 1.99. The van der Waals surface area contributed by atoms with Crippen LogP contribution >= 0.6 is 12.5 Å². The Kier molecular flexibility index (Phi) is 2.69. The van der Waals surface area contributed by atoms with Gasteiger partial charge < -0.3 is 4.81 Å². The Labute approximate surface area is 45.1 Å². The highest BCUT2D eigenvalue weighted by atomic mass is 32.1. The van der Waals surface area contributed by atoms with E-state index in [9.17, 15) is 0 Å². The van der Waals surface area contributed by atoms with E-state index in [2.05, 4.69) is 12.5 Å². The summed E-state index contributed by atoms with van der Waals surface area (Å²) in [6.45, 7) is 2.03. The lowest BCUT2D eigenvalue weighted by atomic mass is 9.96. The SMILES string of the molecule is CB(S)N(C)C. The van der Waals surface area contributed by atoms with Crippen LogP contribution in [0.25, 0.3) is 0 Å². The van der Waals surface area contributed by atoms with E-state index in [1.165, 1.54) is 0 Å². The van der Waals surface area contributed by atoms with E-state index in [-0.39, 0.29) is 0 Å². The van der Waals surface area contributed by atoms with Crippen LogP contribution in [0.1, 0.15) is 0 Å².